The lowest BCUT2D eigenvalue weighted by atomic mass is 9.74. The van der Waals surface area contributed by atoms with Crippen molar-refractivity contribution in [2.75, 3.05) is 0 Å². The summed E-state index contributed by atoms with van der Waals surface area (Å²) in [6.45, 7) is 4.59. The quantitative estimate of drug-likeness (QED) is 0.277. The third kappa shape index (κ3) is 1.61. The van der Waals surface area contributed by atoms with Crippen molar-refractivity contribution in [3.8, 4) is 11.5 Å². The molecule has 124 valence electrons. The molecule has 0 atom stereocenters. The minimum atomic E-state index is -0.0887. The zero-order chi connectivity index (χ0) is 17.5. The number of rotatable bonds is 0. The first-order chi connectivity index (χ1) is 12.6. The highest BCUT2D eigenvalue weighted by Crippen LogP contribution is 2.52. The molecule has 1 nitrogen and oxygen atoms in total. The van der Waals surface area contributed by atoms with Gasteiger partial charge in [0.25, 0.3) is 0 Å². The van der Waals surface area contributed by atoms with E-state index in [1.807, 2.05) is 0 Å². The molecule has 1 aliphatic heterocycles. The average molecular weight is 334 g/mol. The molecule has 1 aliphatic rings. The van der Waals surface area contributed by atoms with Crippen LogP contribution < -0.4 is 4.74 Å². The van der Waals surface area contributed by atoms with Gasteiger partial charge in [-0.15, -0.1) is 0 Å². The van der Waals surface area contributed by atoms with E-state index in [0.29, 0.717) is 0 Å². The Balaban J connectivity index is 1.82. The van der Waals surface area contributed by atoms with Crippen LogP contribution in [0.3, 0.4) is 0 Å². The summed E-state index contributed by atoms with van der Waals surface area (Å²) in [5.74, 6) is 1.99. The van der Waals surface area contributed by atoms with Crippen LogP contribution in [0.4, 0.5) is 0 Å². The van der Waals surface area contributed by atoms with Gasteiger partial charge in [-0.2, -0.15) is 0 Å². The summed E-state index contributed by atoms with van der Waals surface area (Å²) in [6.07, 6.45) is 0. The van der Waals surface area contributed by atoms with Crippen LogP contribution in [0.2, 0.25) is 0 Å². The molecule has 0 unspecified atom stereocenters. The van der Waals surface area contributed by atoms with E-state index in [1.165, 1.54) is 43.4 Å². The minimum absolute atomic E-state index is 0.0887. The number of para-hydroxylation sites is 1. The number of ether oxygens (including phenoxy) is 1. The maximum Gasteiger partial charge on any atom is 0.139 e. The normalized spacial score (nSPS) is 15.2. The van der Waals surface area contributed by atoms with E-state index in [4.69, 9.17) is 4.74 Å². The highest BCUT2D eigenvalue weighted by atomic mass is 16.5. The minimum Gasteiger partial charge on any atom is -0.456 e. The van der Waals surface area contributed by atoms with E-state index < -0.39 is 0 Å². The number of fused-ring (bicyclic) bond motifs is 3. The molecule has 0 N–H and O–H groups in total. The van der Waals surface area contributed by atoms with Crippen LogP contribution in [0.1, 0.15) is 25.0 Å². The molecule has 6 rings (SSSR count). The van der Waals surface area contributed by atoms with Gasteiger partial charge in [-0.3, -0.25) is 0 Å². The molecule has 0 bridgehead atoms. The predicted molar refractivity (Wildman–Crippen MR) is 109 cm³/mol. The molecule has 5 aromatic carbocycles. The molecule has 0 aromatic heterocycles. The van der Waals surface area contributed by atoms with E-state index >= 15 is 0 Å². The van der Waals surface area contributed by atoms with Crippen molar-refractivity contribution in [2.24, 2.45) is 0 Å². The second-order valence-corrected chi connectivity index (χ2v) is 7.83. The van der Waals surface area contributed by atoms with Crippen LogP contribution in [-0.4, -0.2) is 0 Å². The van der Waals surface area contributed by atoms with Crippen molar-refractivity contribution in [3.63, 3.8) is 0 Å². The van der Waals surface area contributed by atoms with Gasteiger partial charge in [0, 0.05) is 27.3 Å². The van der Waals surface area contributed by atoms with Crippen LogP contribution in [0.5, 0.6) is 11.5 Å². The molecular weight excluding hydrogens is 316 g/mol. The summed E-state index contributed by atoms with van der Waals surface area (Å²) in [6, 6.07) is 26.2. The fourth-order valence-corrected chi connectivity index (χ4v) is 4.69. The van der Waals surface area contributed by atoms with Crippen molar-refractivity contribution in [3.05, 3.63) is 83.9 Å². The third-order valence-electron chi connectivity index (χ3n) is 6.04. The number of hydrogen-bond donors (Lipinski definition) is 0. The van der Waals surface area contributed by atoms with Crippen LogP contribution >= 0.6 is 0 Å². The molecule has 0 aliphatic carbocycles. The summed E-state index contributed by atoms with van der Waals surface area (Å²) >= 11 is 0. The predicted octanol–water partition coefficient (Wildman–Crippen LogP) is 7.02. The van der Waals surface area contributed by atoms with Gasteiger partial charge in [-0.25, -0.2) is 0 Å². The molecule has 0 saturated carbocycles. The molecule has 5 aromatic rings. The molecule has 0 amide bonds. The maximum absolute atomic E-state index is 6.47. The molecule has 0 saturated heterocycles. The Hall–Kier alpha value is -3.06. The Bertz CT molecular complexity index is 1310. The molecule has 1 heteroatoms. The zero-order valence-corrected chi connectivity index (χ0v) is 14.8. The van der Waals surface area contributed by atoms with Gasteiger partial charge in [0.15, 0.2) is 0 Å². The van der Waals surface area contributed by atoms with E-state index in [2.05, 4.69) is 86.6 Å². The highest BCUT2D eigenvalue weighted by Gasteiger charge is 2.35. The summed E-state index contributed by atoms with van der Waals surface area (Å²) in [4.78, 5) is 0. The Morgan fingerprint density at radius 2 is 1.38 bits per heavy atom. The van der Waals surface area contributed by atoms with Gasteiger partial charge in [0.2, 0.25) is 0 Å². The van der Waals surface area contributed by atoms with Gasteiger partial charge < -0.3 is 4.74 Å². The van der Waals surface area contributed by atoms with Crippen LogP contribution in [0.25, 0.3) is 32.3 Å². The largest absolute Gasteiger partial charge is 0.456 e. The first-order valence-electron chi connectivity index (χ1n) is 9.13. The Morgan fingerprint density at radius 3 is 2.23 bits per heavy atom. The lowest BCUT2D eigenvalue weighted by molar-refractivity contribution is 0.423. The average Bonchev–Trinajstić information content (AvgIpc) is 2.66. The fourth-order valence-electron chi connectivity index (χ4n) is 4.69. The van der Waals surface area contributed by atoms with Crippen molar-refractivity contribution in [1.29, 1.82) is 0 Å². The summed E-state index contributed by atoms with van der Waals surface area (Å²) in [5.41, 5.74) is 2.43. The van der Waals surface area contributed by atoms with E-state index in [1.54, 1.807) is 0 Å². The molecular formula is C25H18O. The summed E-state index contributed by atoms with van der Waals surface area (Å²) in [5, 5.41) is 7.73. The van der Waals surface area contributed by atoms with Crippen molar-refractivity contribution < 1.29 is 4.74 Å². The highest BCUT2D eigenvalue weighted by molar-refractivity contribution is 6.24. The van der Waals surface area contributed by atoms with Crippen LogP contribution in [0.15, 0.2) is 72.8 Å². The topological polar surface area (TPSA) is 9.23 Å². The maximum atomic E-state index is 6.47. The third-order valence-corrected chi connectivity index (χ3v) is 6.04. The molecule has 1 heterocycles. The zero-order valence-electron chi connectivity index (χ0n) is 14.8. The van der Waals surface area contributed by atoms with Crippen molar-refractivity contribution in [2.45, 2.75) is 19.3 Å². The van der Waals surface area contributed by atoms with Gasteiger partial charge in [-0.05, 0) is 39.7 Å². The smallest absolute Gasteiger partial charge is 0.139 e. The van der Waals surface area contributed by atoms with Crippen molar-refractivity contribution in [1.82, 2.24) is 0 Å². The van der Waals surface area contributed by atoms with E-state index in [-0.39, 0.29) is 5.41 Å². The Kier molecular flexibility index (Phi) is 2.48. The molecule has 0 spiro atoms. The first kappa shape index (κ1) is 14.1. The fraction of sp³-hybridized carbons (Fsp3) is 0.120. The first-order valence-corrected chi connectivity index (χ1v) is 9.13. The van der Waals surface area contributed by atoms with Crippen LogP contribution in [-0.2, 0) is 5.41 Å². The number of benzene rings is 5. The SMILES string of the molecule is CC1(C)c2ccccc2Oc2c1cc1ccc3cccc4ccc2c1c34. The lowest BCUT2D eigenvalue weighted by Crippen LogP contribution is -2.24. The van der Waals surface area contributed by atoms with Gasteiger partial charge in [0.05, 0.1) is 0 Å². The van der Waals surface area contributed by atoms with E-state index in [9.17, 15) is 0 Å². The monoisotopic (exact) mass is 334 g/mol. The van der Waals surface area contributed by atoms with Gasteiger partial charge in [-0.1, -0.05) is 68.4 Å². The second kappa shape index (κ2) is 4.56. The lowest BCUT2D eigenvalue weighted by Gasteiger charge is -2.35. The number of hydrogen-bond acceptors (Lipinski definition) is 1. The molecule has 0 fully saturated rings. The second-order valence-electron chi connectivity index (χ2n) is 7.83. The molecule has 26 heavy (non-hydrogen) atoms. The Morgan fingerprint density at radius 1 is 0.654 bits per heavy atom. The van der Waals surface area contributed by atoms with Crippen LogP contribution in [0, 0.1) is 0 Å². The van der Waals surface area contributed by atoms with Crippen molar-refractivity contribution >= 4 is 32.3 Å². The van der Waals surface area contributed by atoms with Gasteiger partial charge >= 0.3 is 0 Å². The summed E-state index contributed by atoms with van der Waals surface area (Å²) in [7, 11) is 0. The van der Waals surface area contributed by atoms with E-state index in [0.717, 1.165) is 11.5 Å². The Labute approximate surface area is 152 Å². The molecule has 0 radical (unpaired) electrons. The van der Waals surface area contributed by atoms with Gasteiger partial charge in [0.1, 0.15) is 11.5 Å². The summed E-state index contributed by atoms with van der Waals surface area (Å²) < 4.78 is 6.47. The standard InChI is InChI=1S/C25H18O/c1-25(2)19-8-3-4-9-21(19)26-24-18-13-12-16-7-5-6-15-10-11-17(14-20(24)25)23(18)22(15)16/h3-14H,1-2H3.